The van der Waals surface area contributed by atoms with E-state index in [0.29, 0.717) is 24.0 Å². The summed E-state index contributed by atoms with van der Waals surface area (Å²) >= 11 is 0. The van der Waals surface area contributed by atoms with Crippen LogP contribution in [0.25, 0.3) is 0 Å². The number of nitrogens with two attached hydrogens (primary N) is 1. The van der Waals surface area contributed by atoms with Crippen molar-refractivity contribution < 1.29 is 14.7 Å². The Morgan fingerprint density at radius 1 is 1.14 bits per heavy atom. The van der Waals surface area contributed by atoms with Gasteiger partial charge in [0.1, 0.15) is 0 Å². The first-order chi connectivity index (χ1) is 14.0. The lowest BCUT2D eigenvalue weighted by molar-refractivity contribution is -0.137. The number of nitriles is 1. The lowest BCUT2D eigenvalue weighted by Crippen LogP contribution is -2.30. The van der Waals surface area contributed by atoms with E-state index in [9.17, 15) is 9.59 Å². The number of aliphatic carboxylic acids is 1. The number of hydrogen-bond donors (Lipinski definition) is 3. The fourth-order valence-corrected chi connectivity index (χ4v) is 2.95. The average Bonchev–Trinajstić information content (AvgIpc) is 2.72. The topological polar surface area (TPSA) is 129 Å². The normalized spacial score (nSPS) is 11.7. The highest BCUT2D eigenvalue weighted by Crippen LogP contribution is 2.18. The van der Waals surface area contributed by atoms with Crippen LogP contribution in [0.1, 0.15) is 54.0 Å². The number of unbranched alkanes of at least 4 members (excludes halogenated alkanes) is 1. The van der Waals surface area contributed by atoms with Crippen molar-refractivity contribution in [1.82, 2.24) is 5.32 Å². The highest BCUT2D eigenvalue weighted by atomic mass is 16.4. The predicted octanol–water partition coefficient (Wildman–Crippen LogP) is 2.90. The van der Waals surface area contributed by atoms with Crippen LogP contribution in [0.2, 0.25) is 0 Å². The van der Waals surface area contributed by atoms with Crippen LogP contribution < -0.4 is 11.2 Å². The second kappa shape index (κ2) is 11.2. The molecular weight excluding hydrogens is 368 g/mol. The van der Waals surface area contributed by atoms with E-state index in [-0.39, 0.29) is 12.3 Å². The molecule has 150 valence electrons. The highest BCUT2D eigenvalue weighted by Gasteiger charge is 2.18. The third-order valence-electron chi connectivity index (χ3n) is 4.48. The molecule has 0 spiro atoms. The molecule has 4 N–H and O–H groups in total. The summed E-state index contributed by atoms with van der Waals surface area (Å²) in [6, 6.07) is 15.8. The molecule has 7 nitrogen and oxygen atoms in total. The first-order valence-corrected chi connectivity index (χ1v) is 9.35. The third kappa shape index (κ3) is 7.46. The zero-order valence-electron chi connectivity index (χ0n) is 16.0. The maximum Gasteiger partial charge on any atom is 0.305 e. The van der Waals surface area contributed by atoms with Gasteiger partial charge >= 0.3 is 5.97 Å². The van der Waals surface area contributed by atoms with Crippen molar-refractivity contribution in [1.29, 1.82) is 5.26 Å². The Morgan fingerprint density at radius 2 is 1.83 bits per heavy atom. The van der Waals surface area contributed by atoms with Gasteiger partial charge in [-0.1, -0.05) is 36.4 Å². The van der Waals surface area contributed by atoms with Gasteiger partial charge in [-0.25, -0.2) is 0 Å². The van der Waals surface area contributed by atoms with E-state index in [0.717, 1.165) is 18.4 Å². The third-order valence-corrected chi connectivity index (χ3v) is 4.48. The van der Waals surface area contributed by atoms with E-state index in [1.807, 2.05) is 30.3 Å². The predicted molar refractivity (Wildman–Crippen MR) is 110 cm³/mol. The number of rotatable bonds is 10. The van der Waals surface area contributed by atoms with Crippen molar-refractivity contribution in [3.8, 4) is 6.07 Å². The number of hydrogen-bond acceptors (Lipinski definition) is 5. The van der Waals surface area contributed by atoms with Crippen LogP contribution in [0.5, 0.6) is 0 Å². The van der Waals surface area contributed by atoms with E-state index in [4.69, 9.17) is 16.2 Å². The number of nitrogens with one attached hydrogen (secondary N) is 1. The number of hydrazone groups is 1. The summed E-state index contributed by atoms with van der Waals surface area (Å²) in [5.74, 6) is 3.94. The number of amides is 1. The SMILES string of the molecule is N#Cc1ccc(C(CC(=O)O)NC(=O)CCCCc2ccc(C=NN)cc2)cc1. The Morgan fingerprint density at radius 3 is 2.41 bits per heavy atom. The van der Waals surface area contributed by atoms with Gasteiger partial charge in [0.25, 0.3) is 0 Å². The molecule has 0 radical (unpaired) electrons. The number of carbonyl (C=O) groups excluding carboxylic acids is 1. The fraction of sp³-hybridized carbons (Fsp3) is 0.273. The molecule has 1 amide bonds. The zero-order chi connectivity index (χ0) is 21.1. The molecule has 0 aliphatic carbocycles. The summed E-state index contributed by atoms with van der Waals surface area (Å²) < 4.78 is 0. The van der Waals surface area contributed by atoms with E-state index in [2.05, 4.69) is 10.4 Å². The largest absolute Gasteiger partial charge is 0.481 e. The van der Waals surface area contributed by atoms with E-state index >= 15 is 0 Å². The monoisotopic (exact) mass is 392 g/mol. The molecular formula is C22H24N4O3. The smallest absolute Gasteiger partial charge is 0.305 e. The molecule has 0 saturated heterocycles. The number of nitrogens with zero attached hydrogens (tertiary/aromatic N) is 2. The molecule has 0 saturated carbocycles. The van der Waals surface area contributed by atoms with Gasteiger partial charge in [-0.15, -0.1) is 0 Å². The first kappa shape index (κ1) is 21.6. The van der Waals surface area contributed by atoms with Crippen LogP contribution in [0, 0.1) is 11.3 Å². The summed E-state index contributed by atoms with van der Waals surface area (Å²) in [4.78, 5) is 23.4. The molecule has 1 unspecified atom stereocenters. The maximum atomic E-state index is 12.3. The Kier molecular flexibility index (Phi) is 8.39. The summed E-state index contributed by atoms with van der Waals surface area (Å²) in [7, 11) is 0. The van der Waals surface area contributed by atoms with Gasteiger partial charge in [0.15, 0.2) is 0 Å². The fourth-order valence-electron chi connectivity index (χ4n) is 2.95. The first-order valence-electron chi connectivity index (χ1n) is 9.35. The highest BCUT2D eigenvalue weighted by molar-refractivity contribution is 5.79. The van der Waals surface area contributed by atoms with E-state index < -0.39 is 12.0 Å². The molecule has 0 fully saturated rings. The summed E-state index contributed by atoms with van der Waals surface area (Å²) in [6.45, 7) is 0. The van der Waals surface area contributed by atoms with Gasteiger partial charge in [-0.3, -0.25) is 9.59 Å². The molecule has 2 rings (SSSR count). The number of carboxylic acids is 1. The molecule has 7 heteroatoms. The van der Waals surface area contributed by atoms with Crippen LogP contribution in [-0.2, 0) is 16.0 Å². The molecule has 0 aliphatic heterocycles. The number of aryl methyl sites for hydroxylation is 1. The molecule has 2 aromatic carbocycles. The van der Waals surface area contributed by atoms with Crippen LogP contribution in [-0.4, -0.2) is 23.2 Å². The van der Waals surface area contributed by atoms with Crippen LogP contribution >= 0.6 is 0 Å². The number of carboxylic acid groups (broad SMARTS) is 1. The molecule has 0 bridgehead atoms. The van der Waals surface area contributed by atoms with Crippen LogP contribution in [0.3, 0.4) is 0 Å². The molecule has 0 heterocycles. The van der Waals surface area contributed by atoms with Gasteiger partial charge in [-0.2, -0.15) is 10.4 Å². The van der Waals surface area contributed by atoms with Crippen LogP contribution in [0.15, 0.2) is 53.6 Å². The van der Waals surface area contributed by atoms with Gasteiger partial charge in [0.05, 0.1) is 30.3 Å². The minimum Gasteiger partial charge on any atom is -0.481 e. The summed E-state index contributed by atoms with van der Waals surface area (Å²) in [5, 5.41) is 24.3. The van der Waals surface area contributed by atoms with E-state index in [1.54, 1.807) is 30.5 Å². The summed E-state index contributed by atoms with van der Waals surface area (Å²) in [6.07, 6.45) is 4.08. The minimum absolute atomic E-state index is 0.185. The van der Waals surface area contributed by atoms with Gasteiger partial charge in [-0.05, 0) is 48.1 Å². The second-order valence-electron chi connectivity index (χ2n) is 6.68. The van der Waals surface area contributed by atoms with Crippen molar-refractivity contribution >= 4 is 18.1 Å². The molecule has 0 aromatic heterocycles. The van der Waals surface area contributed by atoms with E-state index in [1.165, 1.54) is 5.56 Å². The molecule has 0 aliphatic rings. The average molecular weight is 392 g/mol. The molecule has 2 aromatic rings. The number of carbonyl (C=O) groups is 2. The lowest BCUT2D eigenvalue weighted by Gasteiger charge is -2.17. The lowest BCUT2D eigenvalue weighted by atomic mass is 10.0. The quantitative estimate of drug-likeness (QED) is 0.248. The molecule has 1 atom stereocenters. The summed E-state index contributed by atoms with van der Waals surface area (Å²) in [5.41, 5.74) is 3.25. The minimum atomic E-state index is -0.997. The van der Waals surface area contributed by atoms with Crippen molar-refractivity contribution in [3.05, 3.63) is 70.8 Å². The van der Waals surface area contributed by atoms with Gasteiger partial charge in [0, 0.05) is 6.42 Å². The Balaban J connectivity index is 1.82. The van der Waals surface area contributed by atoms with Crippen molar-refractivity contribution in [2.24, 2.45) is 10.9 Å². The van der Waals surface area contributed by atoms with Gasteiger partial charge < -0.3 is 16.3 Å². The van der Waals surface area contributed by atoms with Crippen molar-refractivity contribution in [2.45, 2.75) is 38.1 Å². The van der Waals surface area contributed by atoms with Crippen molar-refractivity contribution in [2.75, 3.05) is 0 Å². The molecule has 29 heavy (non-hydrogen) atoms. The zero-order valence-corrected chi connectivity index (χ0v) is 16.0. The van der Waals surface area contributed by atoms with Gasteiger partial charge in [0.2, 0.25) is 5.91 Å². The standard InChI is InChI=1S/C22H24N4O3/c23-14-17-9-11-19(12-10-17)20(13-22(28)29)26-21(27)4-2-1-3-16-5-7-18(8-6-16)15-25-24/h5-12,15,20H,1-4,13,24H2,(H,26,27)(H,28,29). The Bertz CT molecular complexity index is 884. The van der Waals surface area contributed by atoms with Crippen LogP contribution in [0.4, 0.5) is 0 Å². The second-order valence-corrected chi connectivity index (χ2v) is 6.68. The maximum absolute atomic E-state index is 12.3. The Hall–Kier alpha value is -3.66. The Labute approximate surface area is 169 Å². The number of benzene rings is 2. The van der Waals surface area contributed by atoms with Crippen molar-refractivity contribution in [3.63, 3.8) is 0 Å².